The predicted octanol–water partition coefficient (Wildman–Crippen LogP) is 4.17. The highest BCUT2D eigenvalue weighted by Gasteiger charge is 2.05. The van der Waals surface area contributed by atoms with Gasteiger partial charge in [0.25, 0.3) is 0 Å². The smallest absolute Gasteiger partial charge is 0.145 e. The van der Waals surface area contributed by atoms with Crippen LogP contribution in [0.5, 0.6) is 5.75 Å². The summed E-state index contributed by atoms with van der Waals surface area (Å²) in [6, 6.07) is 7.67. The number of fused-ring (bicyclic) bond motifs is 1. The van der Waals surface area contributed by atoms with E-state index in [1.54, 1.807) is 6.20 Å². The zero-order valence-electron chi connectivity index (χ0n) is 11.6. The zero-order chi connectivity index (χ0) is 13.5. The summed E-state index contributed by atoms with van der Waals surface area (Å²) < 4.78 is 5.84. The van der Waals surface area contributed by atoms with Crippen molar-refractivity contribution in [1.82, 2.24) is 4.98 Å². The van der Waals surface area contributed by atoms with Crippen LogP contribution in [-0.2, 0) is 0 Å². The fraction of sp³-hybridized carbons (Fsp3) is 0.438. The molecule has 3 heteroatoms. The van der Waals surface area contributed by atoms with Crippen molar-refractivity contribution in [2.75, 3.05) is 12.3 Å². The van der Waals surface area contributed by atoms with Gasteiger partial charge >= 0.3 is 0 Å². The van der Waals surface area contributed by atoms with E-state index >= 15 is 0 Å². The monoisotopic (exact) mass is 258 g/mol. The van der Waals surface area contributed by atoms with Gasteiger partial charge in [0.1, 0.15) is 11.3 Å². The summed E-state index contributed by atoms with van der Waals surface area (Å²) >= 11 is 0. The van der Waals surface area contributed by atoms with Gasteiger partial charge in [0.15, 0.2) is 0 Å². The fourth-order valence-corrected chi connectivity index (χ4v) is 2.17. The van der Waals surface area contributed by atoms with E-state index in [1.807, 2.05) is 24.3 Å². The zero-order valence-corrected chi connectivity index (χ0v) is 11.6. The van der Waals surface area contributed by atoms with Crippen molar-refractivity contribution >= 4 is 16.6 Å². The molecule has 0 aliphatic rings. The maximum atomic E-state index is 5.94. The molecule has 2 rings (SSSR count). The first kappa shape index (κ1) is 13.7. The lowest BCUT2D eigenvalue weighted by Crippen LogP contribution is -1.99. The molecule has 0 saturated carbocycles. The van der Waals surface area contributed by atoms with E-state index < -0.39 is 0 Å². The molecule has 2 aromatic rings. The highest BCUT2D eigenvalue weighted by atomic mass is 16.5. The van der Waals surface area contributed by atoms with Gasteiger partial charge in [-0.25, -0.2) is 0 Å². The second kappa shape index (κ2) is 6.98. The number of nitrogens with zero attached hydrogens (tertiary/aromatic N) is 1. The van der Waals surface area contributed by atoms with Crippen molar-refractivity contribution in [1.29, 1.82) is 0 Å². The van der Waals surface area contributed by atoms with Crippen LogP contribution in [-0.4, -0.2) is 11.6 Å². The number of nitrogens with two attached hydrogens (primary N) is 1. The lowest BCUT2D eigenvalue weighted by atomic mass is 10.1. The summed E-state index contributed by atoms with van der Waals surface area (Å²) in [4.78, 5) is 4.37. The molecule has 0 unspecified atom stereocenters. The van der Waals surface area contributed by atoms with Gasteiger partial charge in [-0.05, 0) is 30.7 Å². The lowest BCUT2D eigenvalue weighted by Gasteiger charge is -2.09. The van der Waals surface area contributed by atoms with Gasteiger partial charge in [-0.1, -0.05) is 32.6 Å². The molecule has 1 heterocycles. The van der Waals surface area contributed by atoms with Crippen molar-refractivity contribution in [3.05, 3.63) is 30.5 Å². The molecule has 0 aliphatic carbocycles. The largest absolute Gasteiger partial charge is 0.491 e. The number of hydrogen-bond acceptors (Lipinski definition) is 3. The first-order chi connectivity index (χ1) is 9.33. The van der Waals surface area contributed by atoms with E-state index in [-0.39, 0.29) is 0 Å². The number of rotatable bonds is 7. The molecule has 0 saturated heterocycles. The van der Waals surface area contributed by atoms with E-state index in [9.17, 15) is 0 Å². The van der Waals surface area contributed by atoms with Gasteiger partial charge in [-0.2, -0.15) is 0 Å². The second-order valence-electron chi connectivity index (χ2n) is 4.82. The van der Waals surface area contributed by atoms with Crippen molar-refractivity contribution in [2.45, 2.75) is 39.0 Å². The van der Waals surface area contributed by atoms with Crippen LogP contribution in [0.25, 0.3) is 10.9 Å². The van der Waals surface area contributed by atoms with Crippen LogP contribution in [0.4, 0.5) is 5.69 Å². The van der Waals surface area contributed by atoms with E-state index in [2.05, 4.69) is 11.9 Å². The van der Waals surface area contributed by atoms with E-state index in [4.69, 9.17) is 10.5 Å². The number of unbranched alkanes of at least 4 members (excludes halogenated alkanes) is 4. The molecule has 0 amide bonds. The quantitative estimate of drug-likeness (QED) is 0.599. The molecule has 3 nitrogen and oxygen atoms in total. The Bertz CT molecular complexity index is 525. The highest BCUT2D eigenvalue weighted by Crippen LogP contribution is 2.28. The first-order valence-electron chi connectivity index (χ1n) is 7.09. The Kier molecular flexibility index (Phi) is 5.01. The van der Waals surface area contributed by atoms with Gasteiger partial charge in [-0.3, -0.25) is 4.98 Å². The second-order valence-corrected chi connectivity index (χ2v) is 4.82. The molecule has 0 radical (unpaired) electrons. The van der Waals surface area contributed by atoms with Crippen molar-refractivity contribution in [3.8, 4) is 5.75 Å². The van der Waals surface area contributed by atoms with E-state index in [0.29, 0.717) is 0 Å². The third-order valence-corrected chi connectivity index (χ3v) is 3.27. The number of benzene rings is 1. The summed E-state index contributed by atoms with van der Waals surface area (Å²) in [6.45, 7) is 2.97. The maximum absolute atomic E-state index is 5.94. The standard InChI is InChI=1S/C16H22N2O/c1-2-3-4-5-6-12-19-15-10-9-14(17)13-8-7-11-18-16(13)15/h7-11H,2-6,12,17H2,1H3. The summed E-state index contributed by atoms with van der Waals surface area (Å²) in [5, 5.41) is 0.964. The summed E-state index contributed by atoms with van der Waals surface area (Å²) in [7, 11) is 0. The van der Waals surface area contributed by atoms with Crippen LogP contribution in [0.3, 0.4) is 0 Å². The number of aromatic nitrogens is 1. The topological polar surface area (TPSA) is 48.1 Å². The Morgan fingerprint density at radius 3 is 2.79 bits per heavy atom. The molecule has 0 aliphatic heterocycles. The molecule has 0 bridgehead atoms. The van der Waals surface area contributed by atoms with E-state index in [1.165, 1.54) is 25.7 Å². The Balaban J connectivity index is 1.96. The minimum atomic E-state index is 0.749. The van der Waals surface area contributed by atoms with Crippen LogP contribution in [0, 0.1) is 0 Å². The lowest BCUT2D eigenvalue weighted by molar-refractivity contribution is 0.307. The normalized spacial score (nSPS) is 10.8. The molecule has 0 atom stereocenters. The minimum Gasteiger partial charge on any atom is -0.491 e. The molecular formula is C16H22N2O. The van der Waals surface area contributed by atoms with Gasteiger partial charge in [0.2, 0.25) is 0 Å². The Hall–Kier alpha value is -1.77. The van der Waals surface area contributed by atoms with Gasteiger partial charge < -0.3 is 10.5 Å². The molecule has 0 fully saturated rings. The Morgan fingerprint density at radius 2 is 1.95 bits per heavy atom. The summed E-state index contributed by atoms with van der Waals surface area (Å²) in [5.41, 5.74) is 7.55. The van der Waals surface area contributed by atoms with Gasteiger partial charge in [0.05, 0.1) is 6.61 Å². The molecule has 1 aromatic heterocycles. The molecule has 1 aromatic carbocycles. The van der Waals surface area contributed by atoms with Gasteiger partial charge in [-0.15, -0.1) is 0 Å². The Morgan fingerprint density at radius 1 is 1.11 bits per heavy atom. The minimum absolute atomic E-state index is 0.749. The van der Waals surface area contributed by atoms with Crippen molar-refractivity contribution in [3.63, 3.8) is 0 Å². The number of ether oxygens (including phenoxy) is 1. The maximum Gasteiger partial charge on any atom is 0.145 e. The number of anilines is 1. The van der Waals surface area contributed by atoms with Crippen LogP contribution in [0.2, 0.25) is 0 Å². The van der Waals surface area contributed by atoms with Gasteiger partial charge in [0, 0.05) is 17.3 Å². The first-order valence-corrected chi connectivity index (χ1v) is 7.09. The average molecular weight is 258 g/mol. The van der Waals surface area contributed by atoms with Crippen molar-refractivity contribution in [2.24, 2.45) is 0 Å². The van der Waals surface area contributed by atoms with Crippen LogP contribution >= 0.6 is 0 Å². The third kappa shape index (κ3) is 3.60. The molecular weight excluding hydrogens is 236 g/mol. The fourth-order valence-electron chi connectivity index (χ4n) is 2.17. The summed E-state index contributed by atoms with van der Waals surface area (Å²) in [5.74, 6) is 0.834. The highest BCUT2D eigenvalue weighted by molar-refractivity contribution is 5.94. The number of nitrogen functional groups attached to an aromatic ring is 1. The predicted molar refractivity (Wildman–Crippen MR) is 80.4 cm³/mol. The van der Waals surface area contributed by atoms with E-state index in [0.717, 1.165) is 35.4 Å². The molecule has 19 heavy (non-hydrogen) atoms. The SMILES string of the molecule is CCCCCCCOc1ccc(N)c2cccnc12. The molecule has 2 N–H and O–H groups in total. The summed E-state index contributed by atoms with van der Waals surface area (Å²) in [6.07, 6.45) is 7.98. The molecule has 102 valence electrons. The molecule has 0 spiro atoms. The van der Waals surface area contributed by atoms with Crippen molar-refractivity contribution < 1.29 is 4.74 Å². The number of hydrogen-bond donors (Lipinski definition) is 1. The Labute approximate surface area is 114 Å². The van der Waals surface area contributed by atoms with Crippen LogP contribution < -0.4 is 10.5 Å². The average Bonchev–Trinajstić information content (AvgIpc) is 2.45. The third-order valence-electron chi connectivity index (χ3n) is 3.27. The van der Waals surface area contributed by atoms with Crippen LogP contribution in [0.1, 0.15) is 39.0 Å². The van der Waals surface area contributed by atoms with Crippen LogP contribution in [0.15, 0.2) is 30.5 Å². The number of pyridine rings is 1.